The second kappa shape index (κ2) is 5.68. The Morgan fingerprint density at radius 3 is 2.91 bits per heavy atom. The van der Waals surface area contributed by atoms with Crippen molar-refractivity contribution in [2.45, 2.75) is 38.1 Å². The van der Waals surface area contributed by atoms with Crippen LogP contribution in [0.2, 0.25) is 0 Å². The normalized spacial score (nSPS) is 27.4. The predicted octanol–water partition coefficient (Wildman–Crippen LogP) is 0.859. The Morgan fingerprint density at radius 2 is 2.26 bits per heavy atom. The van der Waals surface area contributed by atoms with Crippen LogP contribution in [0.3, 0.4) is 0 Å². The van der Waals surface area contributed by atoms with Crippen molar-refractivity contribution < 1.29 is 14.4 Å². The molecule has 8 nitrogen and oxygen atoms in total. The summed E-state index contributed by atoms with van der Waals surface area (Å²) in [5.41, 5.74) is -0.297. The van der Waals surface area contributed by atoms with E-state index >= 15 is 0 Å². The number of nitrogens with zero attached hydrogens (tertiary/aromatic N) is 3. The van der Waals surface area contributed by atoms with Gasteiger partial charge < -0.3 is 10.6 Å². The second-order valence-electron chi connectivity index (χ2n) is 6.39. The summed E-state index contributed by atoms with van der Waals surface area (Å²) in [4.78, 5) is 38.1. The molecule has 2 atom stereocenters. The minimum atomic E-state index is -0.829. The molecule has 2 N–H and O–H groups in total. The van der Waals surface area contributed by atoms with Crippen molar-refractivity contribution in [2.75, 3.05) is 11.9 Å². The van der Waals surface area contributed by atoms with Crippen LogP contribution in [0.15, 0.2) is 12.4 Å². The van der Waals surface area contributed by atoms with E-state index in [1.165, 1.54) is 6.20 Å². The van der Waals surface area contributed by atoms with Crippen LogP contribution in [0.25, 0.3) is 0 Å². The first-order valence-corrected chi connectivity index (χ1v) is 7.85. The van der Waals surface area contributed by atoms with E-state index in [4.69, 9.17) is 0 Å². The molecule has 0 bridgehead atoms. The standard InChI is InChI=1S/C15H21N5O3/c1-10-5-3-4-6-15(10)13(22)20(14(23)18-15)9-12(21)17-11-7-16-19(2)8-11/h7-8,10H,3-6,9H2,1-2H3,(H,17,21)(H,18,23)/t10-,15-/m0/s1. The largest absolute Gasteiger partial charge is 0.325 e. The Labute approximate surface area is 134 Å². The maximum Gasteiger partial charge on any atom is 0.325 e. The lowest BCUT2D eigenvalue weighted by molar-refractivity contribution is -0.136. The Bertz CT molecular complexity index is 655. The number of anilines is 1. The Hall–Kier alpha value is -2.38. The zero-order chi connectivity index (χ0) is 16.6. The molecule has 1 aliphatic heterocycles. The molecule has 1 saturated heterocycles. The maximum absolute atomic E-state index is 12.7. The van der Waals surface area contributed by atoms with Gasteiger partial charge in [-0.3, -0.25) is 19.2 Å². The molecule has 23 heavy (non-hydrogen) atoms. The fourth-order valence-corrected chi connectivity index (χ4v) is 3.47. The fourth-order valence-electron chi connectivity index (χ4n) is 3.47. The Balaban J connectivity index is 1.69. The average molecular weight is 319 g/mol. The molecule has 0 aromatic carbocycles. The highest BCUT2D eigenvalue weighted by molar-refractivity contribution is 6.10. The van der Waals surface area contributed by atoms with Crippen LogP contribution >= 0.6 is 0 Å². The molecule has 0 radical (unpaired) electrons. The SMILES string of the molecule is C[C@H]1CCCC[C@]12NC(=O)N(CC(=O)Nc1cnn(C)c1)C2=O. The van der Waals surface area contributed by atoms with Crippen molar-refractivity contribution in [1.82, 2.24) is 20.0 Å². The lowest BCUT2D eigenvalue weighted by Gasteiger charge is -2.36. The lowest BCUT2D eigenvalue weighted by atomic mass is 9.73. The second-order valence-corrected chi connectivity index (χ2v) is 6.39. The molecule has 0 unspecified atom stereocenters. The van der Waals surface area contributed by atoms with Crippen molar-refractivity contribution in [3.63, 3.8) is 0 Å². The summed E-state index contributed by atoms with van der Waals surface area (Å²) in [5, 5.41) is 9.42. The van der Waals surface area contributed by atoms with Gasteiger partial charge in [-0.1, -0.05) is 19.8 Å². The molecule has 3 rings (SSSR count). The van der Waals surface area contributed by atoms with Gasteiger partial charge in [0.1, 0.15) is 12.1 Å². The van der Waals surface area contributed by atoms with Gasteiger partial charge in [-0.25, -0.2) is 4.79 Å². The van der Waals surface area contributed by atoms with Gasteiger partial charge in [-0.05, 0) is 18.8 Å². The van der Waals surface area contributed by atoms with Crippen LogP contribution in [-0.4, -0.2) is 44.6 Å². The number of carbonyl (C=O) groups excluding carboxylic acids is 3. The van der Waals surface area contributed by atoms with Crippen molar-refractivity contribution in [3.05, 3.63) is 12.4 Å². The number of aromatic nitrogens is 2. The van der Waals surface area contributed by atoms with Gasteiger partial charge >= 0.3 is 6.03 Å². The van der Waals surface area contributed by atoms with Gasteiger partial charge in [0.25, 0.3) is 5.91 Å². The molecule has 8 heteroatoms. The van der Waals surface area contributed by atoms with Crippen molar-refractivity contribution in [1.29, 1.82) is 0 Å². The first-order valence-electron chi connectivity index (χ1n) is 7.85. The van der Waals surface area contributed by atoms with Gasteiger partial charge in [-0.15, -0.1) is 0 Å². The van der Waals surface area contributed by atoms with Crippen LogP contribution in [-0.2, 0) is 16.6 Å². The molecule has 2 aliphatic rings. The molecular formula is C15H21N5O3. The minimum Gasteiger partial charge on any atom is -0.323 e. The molecule has 2 heterocycles. The highest BCUT2D eigenvalue weighted by Crippen LogP contribution is 2.38. The zero-order valence-electron chi connectivity index (χ0n) is 13.3. The monoisotopic (exact) mass is 319 g/mol. The van der Waals surface area contributed by atoms with E-state index in [-0.39, 0.29) is 18.4 Å². The van der Waals surface area contributed by atoms with Crippen LogP contribution in [0.5, 0.6) is 0 Å². The Kier molecular flexibility index (Phi) is 3.83. The topological polar surface area (TPSA) is 96.3 Å². The molecule has 124 valence electrons. The summed E-state index contributed by atoms with van der Waals surface area (Å²) in [6, 6.07) is -0.481. The summed E-state index contributed by atoms with van der Waals surface area (Å²) in [7, 11) is 1.74. The van der Waals surface area contributed by atoms with Crippen molar-refractivity contribution in [2.24, 2.45) is 13.0 Å². The van der Waals surface area contributed by atoms with Gasteiger partial charge in [0.05, 0.1) is 11.9 Å². The van der Waals surface area contributed by atoms with Gasteiger partial charge in [0.15, 0.2) is 0 Å². The Morgan fingerprint density at radius 1 is 1.48 bits per heavy atom. The number of hydrogen-bond acceptors (Lipinski definition) is 4. The van der Waals surface area contributed by atoms with Gasteiger partial charge in [0, 0.05) is 13.2 Å². The number of nitrogens with one attached hydrogen (secondary N) is 2. The molecule has 1 aromatic heterocycles. The van der Waals surface area contributed by atoms with Crippen LogP contribution in [0, 0.1) is 5.92 Å². The molecule has 4 amide bonds. The number of carbonyl (C=O) groups is 3. The fraction of sp³-hybridized carbons (Fsp3) is 0.600. The van der Waals surface area contributed by atoms with Crippen LogP contribution in [0.1, 0.15) is 32.6 Å². The number of rotatable bonds is 3. The number of amides is 4. The first-order chi connectivity index (χ1) is 10.9. The number of hydrogen-bond donors (Lipinski definition) is 2. The molecule has 1 spiro atoms. The van der Waals surface area contributed by atoms with E-state index in [1.54, 1.807) is 17.9 Å². The predicted molar refractivity (Wildman–Crippen MR) is 82.4 cm³/mol. The van der Waals surface area contributed by atoms with E-state index in [1.807, 2.05) is 6.92 Å². The van der Waals surface area contributed by atoms with E-state index in [0.717, 1.165) is 24.2 Å². The van der Waals surface area contributed by atoms with E-state index < -0.39 is 17.5 Å². The third kappa shape index (κ3) is 2.69. The number of aryl methyl sites for hydroxylation is 1. The third-order valence-electron chi connectivity index (χ3n) is 4.79. The zero-order valence-corrected chi connectivity index (χ0v) is 13.3. The summed E-state index contributed by atoms with van der Waals surface area (Å²) in [6.45, 7) is 1.70. The molecule has 1 saturated carbocycles. The van der Waals surface area contributed by atoms with Crippen LogP contribution < -0.4 is 10.6 Å². The number of urea groups is 1. The summed E-state index contributed by atoms with van der Waals surface area (Å²) >= 11 is 0. The smallest absolute Gasteiger partial charge is 0.323 e. The van der Waals surface area contributed by atoms with E-state index in [0.29, 0.717) is 12.1 Å². The summed E-state index contributed by atoms with van der Waals surface area (Å²) in [6.07, 6.45) is 6.67. The highest BCUT2D eigenvalue weighted by Gasteiger charge is 2.55. The van der Waals surface area contributed by atoms with Crippen LogP contribution in [0.4, 0.5) is 10.5 Å². The van der Waals surface area contributed by atoms with Crippen molar-refractivity contribution >= 4 is 23.5 Å². The average Bonchev–Trinajstić information content (AvgIpc) is 3.00. The third-order valence-corrected chi connectivity index (χ3v) is 4.79. The molecule has 1 aliphatic carbocycles. The summed E-state index contributed by atoms with van der Waals surface area (Å²) in [5.74, 6) is -0.614. The lowest BCUT2D eigenvalue weighted by Crippen LogP contribution is -2.54. The van der Waals surface area contributed by atoms with E-state index in [9.17, 15) is 14.4 Å². The highest BCUT2D eigenvalue weighted by atomic mass is 16.2. The molecule has 2 fully saturated rings. The minimum absolute atomic E-state index is 0.0825. The van der Waals surface area contributed by atoms with Gasteiger partial charge in [-0.2, -0.15) is 5.10 Å². The quantitative estimate of drug-likeness (QED) is 0.808. The van der Waals surface area contributed by atoms with E-state index in [2.05, 4.69) is 15.7 Å². The van der Waals surface area contributed by atoms with Gasteiger partial charge in [0.2, 0.25) is 5.91 Å². The first kappa shape index (κ1) is 15.5. The summed E-state index contributed by atoms with van der Waals surface area (Å²) < 4.78 is 1.56. The molecular weight excluding hydrogens is 298 g/mol. The maximum atomic E-state index is 12.7. The van der Waals surface area contributed by atoms with Crippen molar-refractivity contribution in [3.8, 4) is 0 Å². The molecule has 1 aromatic rings. The number of imide groups is 1.